The zero-order chi connectivity index (χ0) is 26.3. The molecule has 0 bridgehead atoms. The lowest BCUT2D eigenvalue weighted by atomic mass is 10.1. The van der Waals surface area contributed by atoms with Crippen molar-refractivity contribution in [1.82, 2.24) is 10.6 Å². The first-order valence-corrected chi connectivity index (χ1v) is 11.3. The molecule has 12 heteroatoms. The quantitative estimate of drug-likeness (QED) is 0.266. The lowest BCUT2D eigenvalue weighted by Crippen LogP contribution is -2.37. The summed E-state index contributed by atoms with van der Waals surface area (Å²) in [5.74, 6) is -3.45. The van der Waals surface area contributed by atoms with Crippen LogP contribution in [-0.2, 0) is 25.5 Å². The van der Waals surface area contributed by atoms with Gasteiger partial charge in [-0.15, -0.1) is 0 Å². The third-order valence-corrected chi connectivity index (χ3v) is 5.09. The fraction of sp³-hybridized carbons (Fsp3) is 0.565. The van der Waals surface area contributed by atoms with Crippen LogP contribution in [-0.4, -0.2) is 60.4 Å². The third-order valence-electron chi connectivity index (χ3n) is 5.09. The van der Waals surface area contributed by atoms with E-state index in [2.05, 4.69) is 5.32 Å². The van der Waals surface area contributed by atoms with E-state index in [1.165, 1.54) is 0 Å². The van der Waals surface area contributed by atoms with Gasteiger partial charge in [-0.2, -0.15) is 18.4 Å². The minimum Gasteiger partial charge on any atom is -0.480 e. The molecule has 1 aliphatic heterocycles. The average Bonchev–Trinajstić information content (AvgIpc) is 3.37. The summed E-state index contributed by atoms with van der Waals surface area (Å²) in [7, 11) is 0. The monoisotopic (exact) mass is 500 g/mol. The number of aliphatic carboxylic acids is 1. The number of nitrogens with one attached hydrogen (secondary N) is 2. The van der Waals surface area contributed by atoms with Crippen LogP contribution in [0.5, 0.6) is 0 Å². The van der Waals surface area contributed by atoms with Gasteiger partial charge in [0.25, 0.3) is 0 Å². The van der Waals surface area contributed by atoms with Gasteiger partial charge in [-0.05, 0) is 50.6 Å². The van der Waals surface area contributed by atoms with E-state index in [1.54, 1.807) is 5.32 Å². The van der Waals surface area contributed by atoms with Crippen LogP contribution in [0.3, 0.4) is 0 Å². The number of benzene rings is 1. The molecule has 0 aliphatic carbocycles. The minimum absolute atomic E-state index is 0.169. The molecule has 9 nitrogen and oxygen atoms in total. The molecular formula is C23H31F3N4O5. The van der Waals surface area contributed by atoms with Gasteiger partial charge in [0.1, 0.15) is 18.2 Å². The lowest BCUT2D eigenvalue weighted by molar-refractivity contribution is -0.173. The predicted octanol–water partition coefficient (Wildman–Crippen LogP) is 2.05. The maximum absolute atomic E-state index is 12.0. The van der Waals surface area contributed by atoms with E-state index in [0.717, 1.165) is 24.9 Å². The molecule has 1 aromatic carbocycles. The molecule has 0 aromatic heterocycles. The lowest BCUT2D eigenvalue weighted by Gasteiger charge is -2.15. The molecule has 0 spiro atoms. The number of rotatable bonds is 11. The Morgan fingerprint density at radius 2 is 1.91 bits per heavy atom. The van der Waals surface area contributed by atoms with Gasteiger partial charge in [0.05, 0.1) is 0 Å². The molecule has 35 heavy (non-hydrogen) atoms. The van der Waals surface area contributed by atoms with Crippen molar-refractivity contribution in [3.05, 3.63) is 35.9 Å². The van der Waals surface area contributed by atoms with E-state index in [9.17, 15) is 27.6 Å². The number of esters is 1. The summed E-state index contributed by atoms with van der Waals surface area (Å²) < 4.78 is 41.1. The second kappa shape index (κ2) is 15.7. The number of nitrogens with two attached hydrogens (primary N) is 1. The van der Waals surface area contributed by atoms with Crippen molar-refractivity contribution in [1.29, 1.82) is 5.26 Å². The molecule has 1 amide bonds. The highest BCUT2D eigenvalue weighted by atomic mass is 19.4. The maximum Gasteiger partial charge on any atom is 0.471 e. The van der Waals surface area contributed by atoms with Gasteiger partial charge < -0.3 is 26.2 Å². The molecule has 3 atom stereocenters. The summed E-state index contributed by atoms with van der Waals surface area (Å²) >= 11 is 0. The molecule has 1 fully saturated rings. The highest BCUT2D eigenvalue weighted by Crippen LogP contribution is 2.14. The Hall–Kier alpha value is -3.17. The number of halogens is 3. The summed E-state index contributed by atoms with van der Waals surface area (Å²) in [5, 5.41) is 22.0. The van der Waals surface area contributed by atoms with Crippen LogP contribution >= 0.6 is 0 Å². The summed E-state index contributed by atoms with van der Waals surface area (Å²) in [6, 6.07) is 10.1. The Balaban J connectivity index is 0.000000642. The van der Waals surface area contributed by atoms with Crippen molar-refractivity contribution in [2.45, 2.75) is 69.3 Å². The van der Waals surface area contributed by atoms with Crippen molar-refractivity contribution >= 4 is 17.8 Å². The summed E-state index contributed by atoms with van der Waals surface area (Å²) in [6.07, 6.45) is -2.40. The van der Waals surface area contributed by atoms with Crippen molar-refractivity contribution < 1.29 is 37.4 Å². The zero-order valence-corrected chi connectivity index (χ0v) is 19.2. The van der Waals surface area contributed by atoms with Crippen molar-refractivity contribution in [2.75, 3.05) is 13.1 Å². The Labute approximate surface area is 201 Å². The molecular weight excluding hydrogens is 469 g/mol. The molecule has 2 rings (SSSR count). The fourth-order valence-corrected chi connectivity index (χ4v) is 3.12. The SMILES string of the molecule is N#CC(CCc1ccccc1)OC(=O)[C@@H](N)CCCCNC(=O)C(F)(F)F.O=C(O)[C@@H]1CCCN1. The molecule has 5 N–H and O–H groups in total. The van der Waals surface area contributed by atoms with Crippen molar-refractivity contribution in [3.8, 4) is 6.07 Å². The molecule has 1 unspecified atom stereocenters. The van der Waals surface area contributed by atoms with Gasteiger partial charge in [-0.1, -0.05) is 30.3 Å². The van der Waals surface area contributed by atoms with Crippen LogP contribution in [0.4, 0.5) is 13.2 Å². The molecule has 0 radical (unpaired) electrons. The van der Waals surface area contributed by atoms with Crippen LogP contribution in [0.2, 0.25) is 0 Å². The fourth-order valence-electron chi connectivity index (χ4n) is 3.12. The number of amides is 1. The molecule has 194 valence electrons. The number of carboxylic acid groups (broad SMARTS) is 1. The normalized spacial score (nSPS) is 16.7. The van der Waals surface area contributed by atoms with Gasteiger partial charge in [0.15, 0.2) is 6.10 Å². The predicted molar refractivity (Wildman–Crippen MR) is 120 cm³/mol. The number of aryl methyl sites for hydroxylation is 1. The van der Waals surface area contributed by atoms with E-state index in [4.69, 9.17) is 20.8 Å². The van der Waals surface area contributed by atoms with Crippen molar-refractivity contribution in [2.24, 2.45) is 5.73 Å². The molecule has 1 aliphatic rings. The number of alkyl halides is 3. The van der Waals surface area contributed by atoms with Crippen LogP contribution in [0, 0.1) is 11.3 Å². The number of nitriles is 1. The van der Waals surface area contributed by atoms with E-state index >= 15 is 0 Å². The first kappa shape index (κ1) is 29.9. The third kappa shape index (κ3) is 12.8. The number of hydrogen-bond donors (Lipinski definition) is 4. The molecule has 1 saturated heterocycles. The number of carbonyl (C=O) groups is 3. The largest absolute Gasteiger partial charge is 0.480 e. The summed E-state index contributed by atoms with van der Waals surface area (Å²) in [5.41, 5.74) is 6.70. The summed E-state index contributed by atoms with van der Waals surface area (Å²) in [6.45, 7) is 0.689. The Morgan fingerprint density at radius 3 is 2.43 bits per heavy atom. The topological polar surface area (TPSA) is 155 Å². The molecule has 1 heterocycles. The van der Waals surface area contributed by atoms with Crippen LogP contribution in [0.25, 0.3) is 0 Å². The van der Waals surface area contributed by atoms with Gasteiger partial charge in [0, 0.05) is 13.0 Å². The van der Waals surface area contributed by atoms with Crippen LogP contribution in [0.15, 0.2) is 30.3 Å². The molecule has 1 aromatic rings. The first-order valence-electron chi connectivity index (χ1n) is 11.3. The highest BCUT2D eigenvalue weighted by molar-refractivity contribution is 5.81. The van der Waals surface area contributed by atoms with E-state index in [0.29, 0.717) is 19.3 Å². The Kier molecular flexibility index (Phi) is 13.4. The average molecular weight is 501 g/mol. The van der Waals surface area contributed by atoms with Gasteiger partial charge in [0.2, 0.25) is 0 Å². The number of ether oxygens (including phenoxy) is 1. The Morgan fingerprint density at radius 1 is 1.23 bits per heavy atom. The van der Waals surface area contributed by atoms with Gasteiger partial charge in [-0.3, -0.25) is 14.4 Å². The molecule has 0 saturated carbocycles. The van der Waals surface area contributed by atoms with E-state index < -0.39 is 36.2 Å². The second-order valence-electron chi connectivity index (χ2n) is 7.92. The maximum atomic E-state index is 12.0. The number of carboxylic acids is 1. The first-order chi connectivity index (χ1) is 16.5. The zero-order valence-electron chi connectivity index (χ0n) is 19.2. The van der Waals surface area contributed by atoms with E-state index in [-0.39, 0.29) is 25.4 Å². The summed E-state index contributed by atoms with van der Waals surface area (Å²) in [4.78, 5) is 32.7. The van der Waals surface area contributed by atoms with Crippen molar-refractivity contribution in [3.63, 3.8) is 0 Å². The standard InChI is InChI=1S/C18H22F3N3O3.C5H9NO2/c19-18(20,21)17(26)24-11-5-4-8-15(23)16(25)27-14(12-22)10-9-13-6-2-1-3-7-13;7-5(8)4-2-1-3-6-4/h1-3,6-7,14-15H,4-5,8-11,23H2,(H,24,26);4,6H,1-3H2,(H,7,8)/t14?,15-;4-/m00/s1. The second-order valence-corrected chi connectivity index (χ2v) is 7.92. The smallest absolute Gasteiger partial charge is 0.471 e. The van der Waals surface area contributed by atoms with Gasteiger partial charge >= 0.3 is 24.0 Å². The van der Waals surface area contributed by atoms with Crippen LogP contribution < -0.4 is 16.4 Å². The number of unbranched alkanes of at least 4 members (excludes halogenated alkanes) is 1. The van der Waals surface area contributed by atoms with Gasteiger partial charge in [-0.25, -0.2) is 0 Å². The minimum atomic E-state index is -4.91. The number of hydrogen-bond acceptors (Lipinski definition) is 7. The Bertz CT molecular complexity index is 840. The highest BCUT2D eigenvalue weighted by Gasteiger charge is 2.38. The van der Waals surface area contributed by atoms with Crippen LogP contribution in [0.1, 0.15) is 44.1 Å². The van der Waals surface area contributed by atoms with E-state index in [1.807, 2.05) is 36.4 Å². The number of carbonyl (C=O) groups excluding carboxylic acids is 2. The number of nitrogens with zero attached hydrogens (tertiary/aromatic N) is 1.